The van der Waals surface area contributed by atoms with Gasteiger partial charge in [-0.15, -0.1) is 0 Å². The molecule has 1 aliphatic rings. The van der Waals surface area contributed by atoms with Crippen molar-refractivity contribution < 1.29 is 14.6 Å². The smallest absolute Gasteiger partial charge is 0.157 e. The fraction of sp³-hybridized carbons (Fsp3) is 1.00. The Labute approximate surface area is 86.4 Å². The van der Waals surface area contributed by atoms with Gasteiger partial charge in [0.05, 0.1) is 12.7 Å². The first-order chi connectivity index (χ1) is 6.83. The van der Waals surface area contributed by atoms with E-state index in [9.17, 15) is 5.11 Å². The number of rotatable bonds is 6. The number of aliphatic hydroxyl groups is 1. The monoisotopic (exact) mass is 202 g/mol. The molecular formula is C11H22O3. The molecule has 0 bridgehead atoms. The number of hydrogen-bond donors (Lipinski definition) is 1. The first-order valence-electron chi connectivity index (χ1n) is 5.74. The van der Waals surface area contributed by atoms with Crippen LogP contribution < -0.4 is 0 Å². The van der Waals surface area contributed by atoms with Gasteiger partial charge in [0.1, 0.15) is 0 Å². The molecule has 1 aliphatic heterocycles. The predicted molar refractivity (Wildman–Crippen MR) is 55.1 cm³/mol. The Bertz CT molecular complexity index is 132. The Kier molecular flexibility index (Phi) is 6.15. The second-order valence-corrected chi connectivity index (χ2v) is 3.90. The molecule has 1 rings (SSSR count). The van der Waals surface area contributed by atoms with E-state index in [-0.39, 0.29) is 12.4 Å². The Morgan fingerprint density at radius 1 is 1.43 bits per heavy atom. The predicted octanol–water partition coefficient (Wildman–Crippen LogP) is 2.08. The minimum absolute atomic E-state index is 0.0161. The Balaban J connectivity index is 1.96. The Hall–Kier alpha value is -0.120. The highest BCUT2D eigenvalue weighted by Gasteiger charge is 2.14. The summed E-state index contributed by atoms with van der Waals surface area (Å²) in [5.74, 6) is 0. The maximum absolute atomic E-state index is 9.46. The molecule has 3 nitrogen and oxygen atoms in total. The van der Waals surface area contributed by atoms with E-state index in [2.05, 4.69) is 6.92 Å². The molecule has 14 heavy (non-hydrogen) atoms. The van der Waals surface area contributed by atoms with Gasteiger partial charge in [0.25, 0.3) is 0 Å². The zero-order chi connectivity index (χ0) is 10.2. The molecule has 1 fully saturated rings. The third-order valence-corrected chi connectivity index (χ3v) is 2.51. The van der Waals surface area contributed by atoms with Crippen LogP contribution in [0.5, 0.6) is 0 Å². The normalized spacial score (nSPS) is 24.9. The van der Waals surface area contributed by atoms with Crippen molar-refractivity contribution >= 4 is 0 Å². The fourth-order valence-electron chi connectivity index (χ4n) is 1.66. The summed E-state index contributed by atoms with van der Waals surface area (Å²) in [6.07, 6.45) is 5.76. The van der Waals surface area contributed by atoms with E-state index in [4.69, 9.17) is 9.47 Å². The van der Waals surface area contributed by atoms with Gasteiger partial charge < -0.3 is 14.6 Å². The largest absolute Gasteiger partial charge is 0.393 e. The lowest BCUT2D eigenvalue weighted by atomic mass is 10.1. The van der Waals surface area contributed by atoms with Crippen LogP contribution in [-0.4, -0.2) is 30.7 Å². The summed E-state index contributed by atoms with van der Waals surface area (Å²) < 4.78 is 10.9. The average Bonchev–Trinajstić information content (AvgIpc) is 2.20. The van der Waals surface area contributed by atoms with Crippen LogP contribution in [0, 0.1) is 0 Å². The SMILES string of the molecule is CCCC(O)CCOC1CCCCO1. The van der Waals surface area contributed by atoms with Gasteiger partial charge in [-0.25, -0.2) is 0 Å². The van der Waals surface area contributed by atoms with Gasteiger partial charge in [0.2, 0.25) is 0 Å². The van der Waals surface area contributed by atoms with Gasteiger partial charge in [0, 0.05) is 6.61 Å². The minimum atomic E-state index is -0.205. The molecule has 1 heterocycles. The van der Waals surface area contributed by atoms with Crippen molar-refractivity contribution in [2.75, 3.05) is 13.2 Å². The molecule has 1 saturated heterocycles. The van der Waals surface area contributed by atoms with Crippen LogP contribution in [0.2, 0.25) is 0 Å². The lowest BCUT2D eigenvalue weighted by Crippen LogP contribution is -2.24. The van der Waals surface area contributed by atoms with E-state index in [1.54, 1.807) is 0 Å². The van der Waals surface area contributed by atoms with Gasteiger partial charge in [-0.3, -0.25) is 0 Å². The number of aliphatic hydroxyl groups excluding tert-OH is 1. The second kappa shape index (κ2) is 7.21. The Morgan fingerprint density at radius 3 is 2.93 bits per heavy atom. The van der Waals surface area contributed by atoms with E-state index in [1.165, 1.54) is 6.42 Å². The first-order valence-corrected chi connectivity index (χ1v) is 5.74. The third kappa shape index (κ3) is 4.94. The molecule has 0 aliphatic carbocycles. The van der Waals surface area contributed by atoms with Crippen molar-refractivity contribution in [1.82, 2.24) is 0 Å². The molecule has 0 spiro atoms. The van der Waals surface area contributed by atoms with E-state index >= 15 is 0 Å². The zero-order valence-electron chi connectivity index (χ0n) is 9.08. The topological polar surface area (TPSA) is 38.7 Å². The van der Waals surface area contributed by atoms with E-state index in [1.807, 2.05) is 0 Å². The molecule has 2 atom stereocenters. The zero-order valence-corrected chi connectivity index (χ0v) is 9.08. The van der Waals surface area contributed by atoms with Crippen LogP contribution in [0.15, 0.2) is 0 Å². The average molecular weight is 202 g/mol. The molecule has 0 aromatic carbocycles. The quantitative estimate of drug-likeness (QED) is 0.716. The molecular weight excluding hydrogens is 180 g/mol. The lowest BCUT2D eigenvalue weighted by molar-refractivity contribution is -0.165. The van der Waals surface area contributed by atoms with Crippen molar-refractivity contribution in [3.63, 3.8) is 0 Å². The van der Waals surface area contributed by atoms with Gasteiger partial charge in [-0.2, -0.15) is 0 Å². The highest BCUT2D eigenvalue weighted by molar-refractivity contribution is 4.57. The molecule has 0 aromatic heterocycles. The second-order valence-electron chi connectivity index (χ2n) is 3.90. The summed E-state index contributed by atoms with van der Waals surface area (Å²) in [6, 6.07) is 0. The maximum Gasteiger partial charge on any atom is 0.157 e. The number of ether oxygens (including phenoxy) is 2. The molecule has 0 amide bonds. The third-order valence-electron chi connectivity index (χ3n) is 2.51. The molecule has 0 saturated carbocycles. The molecule has 3 heteroatoms. The van der Waals surface area contributed by atoms with Gasteiger partial charge in [-0.05, 0) is 32.1 Å². The molecule has 1 N–H and O–H groups in total. The first kappa shape index (κ1) is 12.0. The highest BCUT2D eigenvalue weighted by atomic mass is 16.7. The lowest BCUT2D eigenvalue weighted by Gasteiger charge is -2.23. The van der Waals surface area contributed by atoms with Gasteiger partial charge >= 0.3 is 0 Å². The maximum atomic E-state index is 9.46. The van der Waals surface area contributed by atoms with Crippen LogP contribution in [0.1, 0.15) is 45.4 Å². The fourth-order valence-corrected chi connectivity index (χ4v) is 1.66. The summed E-state index contributed by atoms with van der Waals surface area (Å²) in [6.45, 7) is 3.52. The minimum Gasteiger partial charge on any atom is -0.393 e. The van der Waals surface area contributed by atoms with Crippen molar-refractivity contribution in [3.05, 3.63) is 0 Å². The molecule has 0 aromatic rings. The highest BCUT2D eigenvalue weighted by Crippen LogP contribution is 2.14. The van der Waals surface area contributed by atoms with Crippen molar-refractivity contribution in [1.29, 1.82) is 0 Å². The molecule has 0 radical (unpaired) electrons. The van der Waals surface area contributed by atoms with Crippen LogP contribution in [-0.2, 0) is 9.47 Å². The summed E-state index contributed by atoms with van der Waals surface area (Å²) in [4.78, 5) is 0. The number of hydrogen-bond acceptors (Lipinski definition) is 3. The van der Waals surface area contributed by atoms with Crippen molar-refractivity contribution in [2.45, 2.75) is 57.8 Å². The van der Waals surface area contributed by atoms with Crippen LogP contribution in [0.25, 0.3) is 0 Å². The van der Waals surface area contributed by atoms with Crippen LogP contribution in [0.3, 0.4) is 0 Å². The summed E-state index contributed by atoms with van der Waals surface area (Å²) in [5.41, 5.74) is 0. The van der Waals surface area contributed by atoms with Crippen molar-refractivity contribution in [2.24, 2.45) is 0 Å². The summed E-state index contributed by atoms with van der Waals surface area (Å²) >= 11 is 0. The van der Waals surface area contributed by atoms with Crippen LogP contribution in [0.4, 0.5) is 0 Å². The summed E-state index contributed by atoms with van der Waals surface area (Å²) in [7, 11) is 0. The van der Waals surface area contributed by atoms with E-state index in [0.717, 1.165) is 38.7 Å². The van der Waals surface area contributed by atoms with E-state index in [0.29, 0.717) is 6.61 Å². The standard InChI is InChI=1S/C11H22O3/c1-2-5-10(12)7-9-14-11-6-3-4-8-13-11/h10-12H,2-9H2,1H3. The van der Waals surface area contributed by atoms with E-state index < -0.39 is 0 Å². The molecule has 2 unspecified atom stereocenters. The van der Waals surface area contributed by atoms with Crippen LogP contribution >= 0.6 is 0 Å². The molecule has 84 valence electrons. The van der Waals surface area contributed by atoms with Gasteiger partial charge in [0.15, 0.2) is 6.29 Å². The van der Waals surface area contributed by atoms with Crippen molar-refractivity contribution in [3.8, 4) is 0 Å². The van der Waals surface area contributed by atoms with Gasteiger partial charge in [-0.1, -0.05) is 13.3 Å². The summed E-state index contributed by atoms with van der Waals surface area (Å²) in [5, 5.41) is 9.46. The Morgan fingerprint density at radius 2 is 2.29 bits per heavy atom.